The van der Waals surface area contributed by atoms with E-state index in [1.54, 1.807) is 53.7 Å². The molecule has 1 fully saturated rings. The Kier molecular flexibility index (Phi) is 22.1. The van der Waals surface area contributed by atoms with Crippen LogP contribution in [0.25, 0.3) is 0 Å². The molecule has 0 bridgehead atoms. The first-order valence-corrected chi connectivity index (χ1v) is 23.4. The number of phenolic OH excluding ortho intramolecular Hbond substituents is 1. The maximum atomic E-state index is 14.7. The van der Waals surface area contributed by atoms with E-state index >= 15 is 0 Å². The van der Waals surface area contributed by atoms with E-state index in [0.717, 1.165) is 4.90 Å². The summed E-state index contributed by atoms with van der Waals surface area (Å²) < 4.78 is 0. The number of aromatic nitrogens is 2. The Morgan fingerprint density at radius 3 is 2.01 bits per heavy atom. The number of guanidine groups is 1. The van der Waals surface area contributed by atoms with E-state index in [0.29, 0.717) is 30.5 Å². The molecule has 0 spiro atoms. The number of carboxylic acids is 1. The number of likely N-dealkylation sites (tertiary alicyclic amines) is 1. The van der Waals surface area contributed by atoms with Crippen molar-refractivity contribution in [2.75, 3.05) is 20.1 Å². The number of aromatic amines is 1. The summed E-state index contributed by atoms with van der Waals surface area (Å²) in [6, 6.07) is -2.90. The second-order valence-corrected chi connectivity index (χ2v) is 18.0. The fourth-order valence-corrected chi connectivity index (χ4v) is 7.87. The van der Waals surface area contributed by atoms with Gasteiger partial charge in [-0.3, -0.25) is 43.3 Å². The third-order valence-corrected chi connectivity index (χ3v) is 12.5. The van der Waals surface area contributed by atoms with Crippen LogP contribution in [0.4, 0.5) is 0 Å². The Labute approximate surface area is 407 Å². The highest BCUT2D eigenvalue weighted by molar-refractivity contribution is 6.34. The number of nitrogens with one attached hydrogen (secondary N) is 6. The first-order chi connectivity index (χ1) is 33.0. The van der Waals surface area contributed by atoms with Gasteiger partial charge in [-0.05, 0) is 61.1 Å². The molecule has 1 saturated heterocycles. The van der Waals surface area contributed by atoms with Crippen molar-refractivity contribution >= 4 is 59.2 Å². The number of nitrogens with zero attached hydrogens (tertiary/aromatic N) is 4. The number of aromatic hydroxyl groups is 1. The van der Waals surface area contributed by atoms with E-state index in [-0.39, 0.29) is 56.9 Å². The second-order valence-electron chi connectivity index (χ2n) is 18.0. The van der Waals surface area contributed by atoms with Crippen molar-refractivity contribution < 1.29 is 53.4 Å². The molecular weight excluding hydrogens is 911 g/mol. The van der Waals surface area contributed by atoms with Crippen LogP contribution >= 0.6 is 0 Å². The highest BCUT2D eigenvalue weighted by Crippen LogP contribution is 2.22. The summed E-state index contributed by atoms with van der Waals surface area (Å²) in [7, 11) is 1.34. The maximum Gasteiger partial charge on any atom is 0.326 e. The first-order valence-electron chi connectivity index (χ1n) is 23.4. The van der Waals surface area contributed by atoms with Gasteiger partial charge in [-0.1, -0.05) is 66.5 Å². The number of carbonyl (C=O) groups is 9. The third kappa shape index (κ3) is 16.5. The zero-order valence-electron chi connectivity index (χ0n) is 40.9. The molecule has 14 N–H and O–H groups in total. The number of amides is 8. The molecular formula is C46H71N13O11. The molecule has 24 heteroatoms. The van der Waals surface area contributed by atoms with Gasteiger partial charge >= 0.3 is 17.8 Å². The summed E-state index contributed by atoms with van der Waals surface area (Å²) in [5.74, 6) is -9.99. The number of hydrogen-bond donors (Lipinski definition) is 11. The lowest BCUT2D eigenvalue weighted by Crippen LogP contribution is -2.62. The number of H-pyrrole nitrogens is 1. The number of carbonyl (C=O) groups excluding carboxylic acids is 8. The number of imidazole rings is 1. The number of likely N-dealkylation sites (N-methyl/N-ethyl adjacent to an activating group) is 1. The van der Waals surface area contributed by atoms with Crippen LogP contribution < -0.4 is 43.8 Å². The topological polar surface area (TPSA) is 380 Å². The third-order valence-electron chi connectivity index (χ3n) is 12.5. The summed E-state index contributed by atoms with van der Waals surface area (Å²) in [5, 5.41) is 33.0. The van der Waals surface area contributed by atoms with Gasteiger partial charge in [0.25, 0.3) is 0 Å². The second kappa shape index (κ2) is 27.1. The fourth-order valence-electron chi connectivity index (χ4n) is 7.87. The van der Waals surface area contributed by atoms with E-state index in [1.165, 1.54) is 36.6 Å². The van der Waals surface area contributed by atoms with Crippen LogP contribution in [0.2, 0.25) is 0 Å². The quantitative estimate of drug-likeness (QED) is 0.0222. The van der Waals surface area contributed by atoms with Gasteiger partial charge in [0.1, 0.15) is 48.0 Å². The van der Waals surface area contributed by atoms with Crippen molar-refractivity contribution in [3.05, 3.63) is 48.0 Å². The number of nitrogens with two attached hydrogens (primary N) is 3. The average molecular weight is 982 g/mol. The van der Waals surface area contributed by atoms with Gasteiger partial charge in [0.05, 0.1) is 6.33 Å². The molecule has 2 aromatic rings. The number of rotatable bonds is 26. The van der Waals surface area contributed by atoms with E-state index in [1.807, 2.05) is 0 Å². The van der Waals surface area contributed by atoms with Crippen LogP contribution in [0.15, 0.2) is 41.8 Å². The monoisotopic (exact) mass is 982 g/mol. The van der Waals surface area contributed by atoms with E-state index in [9.17, 15) is 53.4 Å². The Balaban J connectivity index is 1.97. The minimum atomic E-state index is -1.35. The number of aliphatic carboxylic acids is 1. The molecule has 0 radical (unpaired) electrons. The highest BCUT2D eigenvalue weighted by atomic mass is 16.4. The molecule has 0 unspecified atom stereocenters. The van der Waals surface area contributed by atoms with Gasteiger partial charge < -0.3 is 68.8 Å². The Bertz CT molecular complexity index is 2170. The molecule has 1 aromatic carbocycles. The Morgan fingerprint density at radius 2 is 1.46 bits per heavy atom. The smallest absolute Gasteiger partial charge is 0.326 e. The minimum Gasteiger partial charge on any atom is -0.508 e. The van der Waals surface area contributed by atoms with Crippen molar-refractivity contribution in [1.29, 1.82) is 0 Å². The zero-order chi connectivity index (χ0) is 52.4. The molecule has 1 aliphatic rings. The lowest BCUT2D eigenvalue weighted by atomic mass is 9.95. The number of carboxylic acid groups (broad SMARTS) is 1. The van der Waals surface area contributed by atoms with E-state index in [4.69, 9.17) is 17.2 Å². The summed E-state index contributed by atoms with van der Waals surface area (Å²) in [6.45, 7) is 10.5. The minimum absolute atomic E-state index is 0.0581. The molecule has 2 heterocycles. The number of benzene rings is 1. The van der Waals surface area contributed by atoms with Crippen LogP contribution in [-0.4, -0.2) is 152 Å². The summed E-state index contributed by atoms with van der Waals surface area (Å²) in [6.07, 6.45) is 4.29. The highest BCUT2D eigenvalue weighted by Gasteiger charge is 2.42. The molecule has 1 aliphatic heterocycles. The molecule has 8 amide bonds. The molecule has 9 atom stereocenters. The van der Waals surface area contributed by atoms with E-state index in [2.05, 4.69) is 41.5 Å². The fraction of sp³-hybridized carbons (Fsp3) is 0.587. The summed E-state index contributed by atoms with van der Waals surface area (Å²) in [5.41, 5.74) is 16.9. The first kappa shape index (κ1) is 57.1. The van der Waals surface area contributed by atoms with Gasteiger partial charge in [-0.25, -0.2) is 9.78 Å². The van der Waals surface area contributed by atoms with Crippen molar-refractivity contribution in [2.45, 2.75) is 135 Å². The number of phenols is 1. The van der Waals surface area contributed by atoms with E-state index < -0.39 is 113 Å². The van der Waals surface area contributed by atoms with Crippen LogP contribution in [0.5, 0.6) is 5.75 Å². The zero-order valence-corrected chi connectivity index (χ0v) is 40.9. The number of primary amides is 1. The predicted octanol–water partition coefficient (Wildman–Crippen LogP) is -1.49. The summed E-state index contributed by atoms with van der Waals surface area (Å²) >= 11 is 0. The molecule has 3 rings (SSSR count). The van der Waals surface area contributed by atoms with Crippen molar-refractivity contribution in [2.24, 2.45) is 39.9 Å². The molecule has 0 aliphatic carbocycles. The maximum absolute atomic E-state index is 14.7. The SMILES string of the molecule is CC[C@H](C)[C@H](NC(=O)[C@@H]1CCCN1C(=O)[C@H](Cc1cnc[nH]1)NC(=O)[C@@H](NC(=O)[C@H](Cc1ccc(O)cc1)N(C)C(=O)[C@@H](NC(=O)[C@H](CCCN=C(N)N)NC(=O)C(N)=O)C(C)C)[C@@H](C)CC)C(=O)O. The lowest BCUT2D eigenvalue weighted by molar-refractivity contribution is -0.146. The Morgan fingerprint density at radius 1 is 0.829 bits per heavy atom. The van der Waals surface area contributed by atoms with Gasteiger partial charge in [-0.15, -0.1) is 0 Å². The van der Waals surface area contributed by atoms with Crippen LogP contribution in [-0.2, 0) is 56.0 Å². The van der Waals surface area contributed by atoms with Crippen molar-refractivity contribution in [3.63, 3.8) is 0 Å². The van der Waals surface area contributed by atoms with Gasteiger partial charge in [-0.2, -0.15) is 0 Å². The Hall–Kier alpha value is -7.27. The number of aliphatic imine (C=N–C) groups is 1. The normalized spacial score (nSPS) is 16.7. The van der Waals surface area contributed by atoms with Gasteiger partial charge in [0.2, 0.25) is 35.4 Å². The molecule has 24 nitrogen and oxygen atoms in total. The standard InChI is InChI=1S/C46H71N13O11/c1-8-25(5)35(41(65)54-31(21-28-22-50-23-52-28)43(67)59-19-11-13-32(59)39(63)57-36(45(69)70)26(6)9-2)56-40(64)33(20-27-14-16-29(60)17-15-27)58(7)44(68)34(24(3)4)55-38(62)30(53-42(66)37(47)61)12-10-18-51-46(48)49/h14-17,22-26,30-36,60H,8-13,18-21H2,1-7H3,(H2,47,61)(H,50,52)(H,53,66)(H,54,65)(H,55,62)(H,56,64)(H,57,63)(H,69,70)(H4,48,49,51)/t25-,26-,30-,31-,32-,33-,34-,35-,36-/m0/s1. The molecule has 1 aromatic heterocycles. The van der Waals surface area contributed by atoms with Gasteiger partial charge in [0.15, 0.2) is 5.96 Å². The lowest BCUT2D eigenvalue weighted by Gasteiger charge is -2.35. The van der Waals surface area contributed by atoms with Crippen LogP contribution in [0.3, 0.4) is 0 Å². The van der Waals surface area contributed by atoms with Crippen LogP contribution in [0.1, 0.15) is 91.3 Å². The molecule has 0 saturated carbocycles. The van der Waals surface area contributed by atoms with Gasteiger partial charge in [0, 0.05) is 44.9 Å². The predicted molar refractivity (Wildman–Crippen MR) is 256 cm³/mol. The molecule has 386 valence electrons. The van der Waals surface area contributed by atoms with Crippen molar-refractivity contribution in [1.82, 2.24) is 46.4 Å². The number of hydrogen-bond acceptors (Lipinski definition) is 12. The van der Waals surface area contributed by atoms with Crippen molar-refractivity contribution in [3.8, 4) is 5.75 Å². The molecule has 70 heavy (non-hydrogen) atoms. The largest absolute Gasteiger partial charge is 0.508 e. The average Bonchev–Trinajstić information content (AvgIpc) is 4.03. The summed E-state index contributed by atoms with van der Waals surface area (Å²) in [4.78, 5) is 135. The van der Waals surface area contributed by atoms with Crippen LogP contribution in [0, 0.1) is 17.8 Å².